The molecule has 0 bridgehead atoms. The van der Waals surface area contributed by atoms with E-state index in [1.54, 1.807) is 0 Å². The number of nitrogens with zero attached hydrogens (tertiary/aromatic N) is 1. The first-order valence-corrected chi connectivity index (χ1v) is 6.78. The summed E-state index contributed by atoms with van der Waals surface area (Å²) in [5.74, 6) is -0.452. The van der Waals surface area contributed by atoms with Crippen LogP contribution in [-0.2, 0) is 9.59 Å². The summed E-state index contributed by atoms with van der Waals surface area (Å²) in [6.07, 6.45) is 2.22. The molecule has 1 aliphatic rings. The Kier molecular flexibility index (Phi) is 4.97. The number of nitrogens with one attached hydrogen (secondary N) is 2. The molecule has 1 aliphatic carbocycles. The first kappa shape index (κ1) is 16.3. The standard InChI is InChI=1S/C13H24N4O3/c1-12(2,3)16-9(18)5-8-15-11(19)13(6-4-7-13)10(14)17-20/h20H,4-8H2,1-3H3,(H2,14,17)(H,15,19)(H,16,18). The first-order chi connectivity index (χ1) is 9.21. The maximum Gasteiger partial charge on any atom is 0.233 e. The van der Waals surface area contributed by atoms with Crippen LogP contribution < -0.4 is 16.4 Å². The van der Waals surface area contributed by atoms with Gasteiger partial charge in [0.05, 0.1) is 0 Å². The molecule has 1 saturated carbocycles. The number of hydrogen-bond donors (Lipinski definition) is 4. The molecule has 1 rings (SSSR count). The fraction of sp³-hybridized carbons (Fsp3) is 0.769. The Balaban J connectivity index is 2.42. The van der Waals surface area contributed by atoms with Gasteiger partial charge in [0.2, 0.25) is 11.8 Å². The zero-order valence-corrected chi connectivity index (χ0v) is 12.3. The normalized spacial score (nSPS) is 18.1. The highest BCUT2D eigenvalue weighted by atomic mass is 16.4. The summed E-state index contributed by atoms with van der Waals surface area (Å²) < 4.78 is 0. The Morgan fingerprint density at radius 3 is 2.35 bits per heavy atom. The summed E-state index contributed by atoms with van der Waals surface area (Å²) in [6, 6.07) is 0. The number of carbonyl (C=O) groups is 2. The Labute approximate surface area is 119 Å². The smallest absolute Gasteiger partial charge is 0.233 e. The van der Waals surface area contributed by atoms with E-state index in [-0.39, 0.29) is 36.2 Å². The second-order valence-corrected chi connectivity index (χ2v) is 6.22. The lowest BCUT2D eigenvalue weighted by Crippen LogP contribution is -2.54. The predicted molar refractivity (Wildman–Crippen MR) is 75.2 cm³/mol. The summed E-state index contributed by atoms with van der Waals surface area (Å²) in [4.78, 5) is 23.7. The number of rotatable bonds is 5. The molecule has 1 fully saturated rings. The number of nitrogens with two attached hydrogens (primary N) is 1. The Hall–Kier alpha value is -1.79. The average molecular weight is 284 g/mol. The van der Waals surface area contributed by atoms with Gasteiger partial charge in [0.15, 0.2) is 5.84 Å². The largest absolute Gasteiger partial charge is 0.409 e. The molecule has 0 aromatic carbocycles. The van der Waals surface area contributed by atoms with Crippen molar-refractivity contribution in [1.29, 1.82) is 0 Å². The highest BCUT2D eigenvalue weighted by Gasteiger charge is 2.48. The molecule has 0 spiro atoms. The SMILES string of the molecule is CC(C)(C)NC(=O)CCNC(=O)C1(C(N)=NO)CCC1. The number of amidine groups is 1. The van der Waals surface area contributed by atoms with Crippen LogP contribution in [0.5, 0.6) is 0 Å². The summed E-state index contributed by atoms with van der Waals surface area (Å²) in [7, 11) is 0. The van der Waals surface area contributed by atoms with Gasteiger partial charge in [-0.1, -0.05) is 11.6 Å². The van der Waals surface area contributed by atoms with E-state index >= 15 is 0 Å². The zero-order chi connectivity index (χ0) is 15.4. The van der Waals surface area contributed by atoms with Crippen molar-refractivity contribution >= 4 is 17.6 Å². The summed E-state index contributed by atoms with van der Waals surface area (Å²) in [5.41, 5.74) is 4.41. The minimum Gasteiger partial charge on any atom is -0.409 e. The number of hydrogen-bond acceptors (Lipinski definition) is 4. The van der Waals surface area contributed by atoms with E-state index in [1.165, 1.54) is 0 Å². The lowest BCUT2D eigenvalue weighted by Gasteiger charge is -2.38. The molecule has 7 nitrogen and oxygen atoms in total. The number of carbonyl (C=O) groups excluding carboxylic acids is 2. The average Bonchev–Trinajstić information content (AvgIpc) is 2.24. The fourth-order valence-electron chi connectivity index (χ4n) is 2.17. The van der Waals surface area contributed by atoms with E-state index in [0.717, 1.165) is 6.42 Å². The lowest BCUT2D eigenvalue weighted by atomic mass is 9.67. The van der Waals surface area contributed by atoms with Gasteiger partial charge in [0.25, 0.3) is 0 Å². The molecular formula is C13H24N4O3. The molecule has 0 aromatic rings. The van der Waals surface area contributed by atoms with E-state index < -0.39 is 5.41 Å². The number of amides is 2. The van der Waals surface area contributed by atoms with E-state index in [1.807, 2.05) is 20.8 Å². The molecule has 0 aromatic heterocycles. The van der Waals surface area contributed by atoms with E-state index in [0.29, 0.717) is 12.8 Å². The van der Waals surface area contributed by atoms with Gasteiger partial charge in [0.1, 0.15) is 5.41 Å². The highest BCUT2D eigenvalue weighted by Crippen LogP contribution is 2.41. The maximum atomic E-state index is 12.1. The van der Waals surface area contributed by atoms with Gasteiger partial charge in [-0.3, -0.25) is 9.59 Å². The maximum absolute atomic E-state index is 12.1. The zero-order valence-electron chi connectivity index (χ0n) is 12.3. The highest BCUT2D eigenvalue weighted by molar-refractivity contribution is 6.07. The number of oxime groups is 1. The van der Waals surface area contributed by atoms with Crippen molar-refractivity contribution in [1.82, 2.24) is 10.6 Å². The van der Waals surface area contributed by atoms with E-state index in [2.05, 4.69) is 15.8 Å². The van der Waals surface area contributed by atoms with Crippen molar-refractivity contribution in [3.05, 3.63) is 0 Å². The third-order valence-electron chi connectivity index (χ3n) is 3.39. The Morgan fingerprint density at radius 2 is 1.95 bits per heavy atom. The molecule has 7 heteroatoms. The lowest BCUT2D eigenvalue weighted by molar-refractivity contribution is -0.131. The van der Waals surface area contributed by atoms with Crippen LogP contribution in [0.25, 0.3) is 0 Å². The molecule has 0 heterocycles. The fourth-order valence-corrected chi connectivity index (χ4v) is 2.17. The topological polar surface area (TPSA) is 117 Å². The third-order valence-corrected chi connectivity index (χ3v) is 3.39. The second kappa shape index (κ2) is 6.11. The molecule has 0 unspecified atom stereocenters. The molecule has 0 radical (unpaired) electrons. The van der Waals surface area contributed by atoms with Gasteiger partial charge < -0.3 is 21.6 Å². The van der Waals surface area contributed by atoms with Crippen molar-refractivity contribution < 1.29 is 14.8 Å². The van der Waals surface area contributed by atoms with Crippen molar-refractivity contribution in [2.75, 3.05) is 6.54 Å². The van der Waals surface area contributed by atoms with Crippen LogP contribution in [0.3, 0.4) is 0 Å². The van der Waals surface area contributed by atoms with Crippen LogP contribution in [0.2, 0.25) is 0 Å². The van der Waals surface area contributed by atoms with Crippen molar-refractivity contribution in [2.45, 2.75) is 52.0 Å². The predicted octanol–water partition coefficient (Wildman–Crippen LogP) is 0.324. The first-order valence-electron chi connectivity index (χ1n) is 6.78. The van der Waals surface area contributed by atoms with Crippen LogP contribution in [0, 0.1) is 5.41 Å². The molecule has 2 amide bonds. The molecule has 114 valence electrons. The second-order valence-electron chi connectivity index (χ2n) is 6.22. The molecule has 0 aliphatic heterocycles. The minimum absolute atomic E-state index is 0.0552. The van der Waals surface area contributed by atoms with Crippen molar-refractivity contribution in [2.24, 2.45) is 16.3 Å². The molecule has 0 saturated heterocycles. The molecule has 0 atom stereocenters. The van der Waals surface area contributed by atoms with Gasteiger partial charge in [-0.25, -0.2) is 0 Å². The van der Waals surface area contributed by atoms with Crippen LogP contribution in [-0.4, -0.2) is 34.9 Å². The van der Waals surface area contributed by atoms with Crippen LogP contribution in [0.1, 0.15) is 46.5 Å². The molecular weight excluding hydrogens is 260 g/mol. The van der Waals surface area contributed by atoms with Crippen LogP contribution in [0.15, 0.2) is 5.16 Å². The van der Waals surface area contributed by atoms with Gasteiger partial charge in [-0.2, -0.15) is 0 Å². The summed E-state index contributed by atoms with van der Waals surface area (Å²) >= 11 is 0. The quantitative estimate of drug-likeness (QED) is 0.252. The van der Waals surface area contributed by atoms with Gasteiger partial charge in [0, 0.05) is 18.5 Å². The molecule has 20 heavy (non-hydrogen) atoms. The minimum atomic E-state index is -0.894. The summed E-state index contributed by atoms with van der Waals surface area (Å²) in [6.45, 7) is 5.92. The van der Waals surface area contributed by atoms with Crippen LogP contribution >= 0.6 is 0 Å². The van der Waals surface area contributed by atoms with Crippen molar-refractivity contribution in [3.63, 3.8) is 0 Å². The third kappa shape index (κ3) is 3.85. The van der Waals surface area contributed by atoms with E-state index in [4.69, 9.17) is 10.9 Å². The van der Waals surface area contributed by atoms with Crippen molar-refractivity contribution in [3.8, 4) is 0 Å². The molecule has 5 N–H and O–H groups in total. The Bertz CT molecular complexity index is 408. The summed E-state index contributed by atoms with van der Waals surface area (Å²) in [5, 5.41) is 17.2. The van der Waals surface area contributed by atoms with E-state index in [9.17, 15) is 9.59 Å². The van der Waals surface area contributed by atoms with Crippen LogP contribution in [0.4, 0.5) is 0 Å². The Morgan fingerprint density at radius 1 is 1.35 bits per heavy atom. The monoisotopic (exact) mass is 284 g/mol. The van der Waals surface area contributed by atoms with Gasteiger partial charge in [-0.15, -0.1) is 0 Å². The van der Waals surface area contributed by atoms with Gasteiger partial charge >= 0.3 is 0 Å². The van der Waals surface area contributed by atoms with Gasteiger partial charge in [-0.05, 0) is 33.6 Å².